The van der Waals surface area contributed by atoms with Gasteiger partial charge in [0.1, 0.15) is 5.82 Å². The van der Waals surface area contributed by atoms with E-state index in [1.165, 1.54) is 12.1 Å². The smallest absolute Gasteiger partial charge is 0.255 e. The predicted molar refractivity (Wildman–Crippen MR) is 86.2 cm³/mol. The Bertz CT molecular complexity index is 695. The minimum absolute atomic E-state index is 0.114. The maximum Gasteiger partial charge on any atom is 0.255 e. The van der Waals surface area contributed by atoms with Gasteiger partial charge in [0.05, 0.1) is 23.1 Å². The third-order valence-corrected chi connectivity index (χ3v) is 4.40. The molecule has 1 fully saturated rings. The first-order chi connectivity index (χ1) is 11.1. The summed E-state index contributed by atoms with van der Waals surface area (Å²) in [5, 5.41) is 10.7. The van der Waals surface area contributed by atoms with E-state index in [0.29, 0.717) is 5.56 Å². The van der Waals surface area contributed by atoms with Crippen LogP contribution < -0.4 is 10.6 Å². The summed E-state index contributed by atoms with van der Waals surface area (Å²) in [6.07, 6.45) is 3.60. The van der Waals surface area contributed by atoms with Crippen LogP contribution in [0.4, 0.5) is 4.39 Å². The summed E-state index contributed by atoms with van der Waals surface area (Å²) < 4.78 is 14.7. The van der Waals surface area contributed by atoms with Crippen LogP contribution >= 0.6 is 0 Å². The standard InChI is InChI=1S/C17H21FN4O/c1-11-16(4-3-9-19-11)21-17(23)15-10-20-22(12(15)2)14-7-5-13(18)6-8-14/h5-8,10-11,16,19H,3-4,9H2,1-2H3,(H,21,23). The first-order valence-electron chi connectivity index (χ1n) is 7.91. The third-order valence-electron chi connectivity index (χ3n) is 4.40. The number of carbonyl (C=O) groups is 1. The molecule has 23 heavy (non-hydrogen) atoms. The van der Waals surface area contributed by atoms with Crippen molar-refractivity contribution in [1.82, 2.24) is 20.4 Å². The zero-order valence-corrected chi connectivity index (χ0v) is 13.3. The van der Waals surface area contributed by atoms with E-state index in [1.807, 2.05) is 6.92 Å². The molecule has 2 unspecified atom stereocenters. The van der Waals surface area contributed by atoms with Crippen LogP contribution in [0.5, 0.6) is 0 Å². The number of hydrogen-bond donors (Lipinski definition) is 2. The molecule has 1 amide bonds. The highest BCUT2D eigenvalue weighted by Crippen LogP contribution is 2.16. The molecule has 1 aromatic heterocycles. The molecule has 1 saturated heterocycles. The fourth-order valence-corrected chi connectivity index (χ4v) is 2.96. The lowest BCUT2D eigenvalue weighted by atomic mass is 9.99. The van der Waals surface area contributed by atoms with Crippen LogP contribution in [0.15, 0.2) is 30.5 Å². The molecule has 2 N–H and O–H groups in total. The lowest BCUT2D eigenvalue weighted by Crippen LogP contribution is -2.51. The van der Waals surface area contributed by atoms with Crippen molar-refractivity contribution in [2.45, 2.75) is 38.8 Å². The summed E-state index contributed by atoms with van der Waals surface area (Å²) in [6.45, 7) is 4.92. The molecule has 0 saturated carbocycles. The molecule has 3 rings (SSSR count). The predicted octanol–water partition coefficient (Wildman–Crippen LogP) is 2.19. The quantitative estimate of drug-likeness (QED) is 0.912. The minimum atomic E-state index is -0.296. The van der Waals surface area contributed by atoms with E-state index in [2.05, 4.69) is 22.7 Å². The lowest BCUT2D eigenvalue weighted by molar-refractivity contribution is 0.0919. The second-order valence-corrected chi connectivity index (χ2v) is 6.00. The molecule has 5 nitrogen and oxygen atoms in total. The fraction of sp³-hybridized carbons (Fsp3) is 0.412. The summed E-state index contributed by atoms with van der Waals surface area (Å²) in [5.41, 5.74) is 2.02. The molecule has 2 aromatic rings. The molecule has 0 radical (unpaired) electrons. The Kier molecular flexibility index (Phi) is 4.43. The Labute approximate surface area is 134 Å². The van der Waals surface area contributed by atoms with Crippen molar-refractivity contribution in [3.05, 3.63) is 47.5 Å². The second-order valence-electron chi connectivity index (χ2n) is 6.00. The van der Waals surface area contributed by atoms with Crippen LogP contribution in [-0.2, 0) is 0 Å². The largest absolute Gasteiger partial charge is 0.348 e. The highest BCUT2D eigenvalue weighted by molar-refractivity contribution is 5.95. The van der Waals surface area contributed by atoms with Crippen LogP contribution in [-0.4, -0.2) is 34.3 Å². The number of halogens is 1. The normalized spacial score (nSPS) is 21.2. The molecule has 0 aliphatic carbocycles. The first-order valence-corrected chi connectivity index (χ1v) is 7.91. The van der Waals surface area contributed by atoms with Crippen LogP contribution in [0.1, 0.15) is 35.8 Å². The summed E-state index contributed by atoms with van der Waals surface area (Å²) >= 11 is 0. The lowest BCUT2D eigenvalue weighted by Gasteiger charge is -2.30. The van der Waals surface area contributed by atoms with Crippen molar-refractivity contribution < 1.29 is 9.18 Å². The van der Waals surface area contributed by atoms with Crippen LogP contribution in [0.2, 0.25) is 0 Å². The van der Waals surface area contributed by atoms with Gasteiger partial charge in [0.2, 0.25) is 0 Å². The molecule has 0 spiro atoms. The van der Waals surface area contributed by atoms with E-state index in [1.54, 1.807) is 23.0 Å². The molecule has 122 valence electrons. The number of amides is 1. The molecular formula is C17H21FN4O. The van der Waals surface area contributed by atoms with Crippen LogP contribution in [0.25, 0.3) is 5.69 Å². The van der Waals surface area contributed by atoms with E-state index in [4.69, 9.17) is 0 Å². The van der Waals surface area contributed by atoms with E-state index in [0.717, 1.165) is 30.8 Å². The van der Waals surface area contributed by atoms with Crippen molar-refractivity contribution in [3.63, 3.8) is 0 Å². The Morgan fingerprint density at radius 1 is 1.39 bits per heavy atom. The van der Waals surface area contributed by atoms with Gasteiger partial charge in [0.25, 0.3) is 5.91 Å². The third kappa shape index (κ3) is 3.27. The number of hydrogen-bond acceptors (Lipinski definition) is 3. The van der Waals surface area contributed by atoms with Gasteiger partial charge in [-0.3, -0.25) is 4.79 Å². The maximum absolute atomic E-state index is 13.0. The van der Waals surface area contributed by atoms with Crippen molar-refractivity contribution >= 4 is 5.91 Å². The van der Waals surface area contributed by atoms with Crippen LogP contribution in [0.3, 0.4) is 0 Å². The van der Waals surface area contributed by atoms with Crippen LogP contribution in [0, 0.1) is 12.7 Å². The molecule has 6 heteroatoms. The average Bonchev–Trinajstić information content (AvgIpc) is 2.92. The van der Waals surface area contributed by atoms with E-state index < -0.39 is 0 Å². The van der Waals surface area contributed by atoms with Crippen molar-refractivity contribution in [2.75, 3.05) is 6.54 Å². The Morgan fingerprint density at radius 2 is 2.13 bits per heavy atom. The Balaban J connectivity index is 1.78. The van der Waals surface area contributed by atoms with E-state index in [9.17, 15) is 9.18 Å². The number of aromatic nitrogens is 2. The zero-order valence-electron chi connectivity index (χ0n) is 13.3. The topological polar surface area (TPSA) is 59.0 Å². The molecule has 2 heterocycles. The van der Waals surface area contributed by atoms with Gasteiger partial charge in [-0.05, 0) is 57.5 Å². The number of rotatable bonds is 3. The summed E-state index contributed by atoms with van der Waals surface area (Å²) in [4.78, 5) is 12.5. The highest BCUT2D eigenvalue weighted by Gasteiger charge is 2.24. The van der Waals surface area contributed by atoms with Gasteiger partial charge < -0.3 is 10.6 Å². The Morgan fingerprint density at radius 3 is 2.83 bits per heavy atom. The monoisotopic (exact) mass is 316 g/mol. The Hall–Kier alpha value is -2.21. The zero-order chi connectivity index (χ0) is 16.4. The van der Waals surface area contributed by atoms with E-state index >= 15 is 0 Å². The van der Waals surface area contributed by atoms with Crippen molar-refractivity contribution in [1.29, 1.82) is 0 Å². The van der Waals surface area contributed by atoms with Crippen molar-refractivity contribution in [3.8, 4) is 5.69 Å². The first kappa shape index (κ1) is 15.7. The van der Waals surface area contributed by atoms with Gasteiger partial charge in [0, 0.05) is 12.1 Å². The number of piperidine rings is 1. The van der Waals surface area contributed by atoms with Gasteiger partial charge >= 0.3 is 0 Å². The second kappa shape index (κ2) is 6.50. The number of nitrogens with zero attached hydrogens (tertiary/aromatic N) is 2. The number of nitrogens with one attached hydrogen (secondary N) is 2. The van der Waals surface area contributed by atoms with E-state index in [-0.39, 0.29) is 23.8 Å². The summed E-state index contributed by atoms with van der Waals surface area (Å²) in [7, 11) is 0. The van der Waals surface area contributed by atoms with Gasteiger partial charge in [-0.2, -0.15) is 5.10 Å². The molecular weight excluding hydrogens is 295 g/mol. The molecule has 1 aliphatic rings. The number of carbonyl (C=O) groups excluding carboxylic acids is 1. The molecule has 2 atom stereocenters. The summed E-state index contributed by atoms with van der Waals surface area (Å²) in [5.74, 6) is -0.410. The molecule has 0 bridgehead atoms. The average molecular weight is 316 g/mol. The minimum Gasteiger partial charge on any atom is -0.348 e. The highest BCUT2D eigenvalue weighted by atomic mass is 19.1. The maximum atomic E-state index is 13.0. The van der Waals surface area contributed by atoms with Crippen molar-refractivity contribution in [2.24, 2.45) is 0 Å². The number of benzene rings is 1. The fourth-order valence-electron chi connectivity index (χ4n) is 2.96. The summed E-state index contributed by atoms with van der Waals surface area (Å²) in [6, 6.07) is 6.44. The van der Waals surface area contributed by atoms with Gasteiger partial charge in [-0.25, -0.2) is 9.07 Å². The van der Waals surface area contributed by atoms with Gasteiger partial charge in [0.15, 0.2) is 0 Å². The molecule has 1 aliphatic heterocycles. The SMILES string of the molecule is Cc1c(C(=O)NC2CCCNC2C)cnn1-c1ccc(F)cc1. The molecule has 1 aromatic carbocycles. The van der Waals surface area contributed by atoms with Gasteiger partial charge in [-0.15, -0.1) is 0 Å². The van der Waals surface area contributed by atoms with Gasteiger partial charge in [-0.1, -0.05) is 0 Å².